The standard InChI is InChI=1S/C53H105NO4/c1-3-5-7-9-11-13-15-17-19-21-23-25-27-29-31-33-35-37-39-41-43-45-47-51(56)53(58)50(49-55)54-52(57)48-46-44-42-40-38-36-34-32-30-28-26-24-22-20-18-16-14-12-10-8-6-4-2/h39,41,50-51,53,55-56,58H,3-38,40,42-49H2,1-2H3,(H,54,57)/b41-39+. The zero-order valence-electron chi connectivity index (χ0n) is 39.5. The molecular formula is C53H105NO4. The number of rotatable bonds is 49. The highest BCUT2D eigenvalue weighted by Gasteiger charge is 2.26. The van der Waals surface area contributed by atoms with Gasteiger partial charge in [-0.05, 0) is 38.5 Å². The Labute approximate surface area is 363 Å². The summed E-state index contributed by atoms with van der Waals surface area (Å²) in [5, 5.41) is 33.7. The second-order valence-electron chi connectivity index (χ2n) is 18.4. The first-order valence-corrected chi connectivity index (χ1v) is 26.5. The molecule has 5 heteroatoms. The number of carbonyl (C=O) groups is 1. The Morgan fingerprint density at radius 1 is 0.414 bits per heavy atom. The molecule has 0 rings (SSSR count). The van der Waals surface area contributed by atoms with Crippen molar-refractivity contribution in [2.24, 2.45) is 0 Å². The van der Waals surface area contributed by atoms with Crippen molar-refractivity contribution in [1.82, 2.24) is 5.32 Å². The Balaban J connectivity index is 3.56. The van der Waals surface area contributed by atoms with E-state index in [2.05, 4.69) is 31.3 Å². The van der Waals surface area contributed by atoms with Crippen LogP contribution in [0.3, 0.4) is 0 Å². The van der Waals surface area contributed by atoms with Crippen molar-refractivity contribution < 1.29 is 20.1 Å². The minimum Gasteiger partial charge on any atom is -0.394 e. The first-order valence-electron chi connectivity index (χ1n) is 26.5. The molecule has 346 valence electrons. The average Bonchev–Trinajstić information content (AvgIpc) is 3.23. The number of hydrogen-bond donors (Lipinski definition) is 4. The van der Waals surface area contributed by atoms with E-state index >= 15 is 0 Å². The van der Waals surface area contributed by atoms with Crippen LogP contribution in [0.5, 0.6) is 0 Å². The van der Waals surface area contributed by atoms with Crippen molar-refractivity contribution in [3.8, 4) is 0 Å². The van der Waals surface area contributed by atoms with Crippen LogP contribution >= 0.6 is 0 Å². The summed E-state index contributed by atoms with van der Waals surface area (Å²) in [6, 6.07) is -0.822. The zero-order valence-corrected chi connectivity index (χ0v) is 39.5. The molecule has 0 fully saturated rings. The molecule has 3 atom stereocenters. The molecule has 58 heavy (non-hydrogen) atoms. The summed E-state index contributed by atoms with van der Waals surface area (Å²) in [6.45, 7) is 4.21. The van der Waals surface area contributed by atoms with Crippen LogP contribution in [0.25, 0.3) is 0 Å². The molecule has 0 spiro atoms. The van der Waals surface area contributed by atoms with Gasteiger partial charge >= 0.3 is 0 Å². The Hall–Kier alpha value is -0.910. The molecule has 1 amide bonds. The molecule has 4 N–H and O–H groups in total. The monoisotopic (exact) mass is 820 g/mol. The lowest BCUT2D eigenvalue weighted by Crippen LogP contribution is -2.50. The molecule has 0 saturated heterocycles. The van der Waals surface area contributed by atoms with Crippen LogP contribution in [0.15, 0.2) is 12.2 Å². The van der Waals surface area contributed by atoms with E-state index < -0.39 is 18.2 Å². The minimum absolute atomic E-state index is 0.147. The van der Waals surface area contributed by atoms with Crippen molar-refractivity contribution in [2.45, 2.75) is 315 Å². The third-order valence-electron chi connectivity index (χ3n) is 12.6. The Bertz CT molecular complexity index is 818. The van der Waals surface area contributed by atoms with E-state index in [9.17, 15) is 20.1 Å². The fourth-order valence-corrected chi connectivity index (χ4v) is 8.52. The summed E-state index contributed by atoms with van der Waals surface area (Å²) in [4.78, 5) is 12.5. The lowest BCUT2D eigenvalue weighted by molar-refractivity contribution is -0.124. The van der Waals surface area contributed by atoms with Gasteiger partial charge in [0.25, 0.3) is 0 Å². The number of aliphatic hydroxyl groups excluding tert-OH is 3. The first-order chi connectivity index (χ1) is 28.6. The maximum atomic E-state index is 12.5. The van der Waals surface area contributed by atoms with Crippen LogP contribution in [0.1, 0.15) is 296 Å². The highest BCUT2D eigenvalue weighted by Crippen LogP contribution is 2.17. The summed E-state index contributed by atoms with van der Waals surface area (Å²) in [5.41, 5.74) is 0. The average molecular weight is 820 g/mol. The van der Waals surface area contributed by atoms with Gasteiger partial charge < -0.3 is 20.6 Å². The molecule has 0 aliphatic rings. The zero-order chi connectivity index (χ0) is 42.3. The number of unbranched alkanes of at least 4 members (excludes halogenated alkanes) is 39. The number of hydrogen-bond acceptors (Lipinski definition) is 4. The maximum Gasteiger partial charge on any atom is 0.220 e. The van der Waals surface area contributed by atoms with E-state index in [0.717, 1.165) is 38.5 Å². The topological polar surface area (TPSA) is 89.8 Å². The van der Waals surface area contributed by atoms with Crippen molar-refractivity contribution in [3.05, 3.63) is 12.2 Å². The van der Waals surface area contributed by atoms with Crippen molar-refractivity contribution in [3.63, 3.8) is 0 Å². The molecule has 5 nitrogen and oxygen atoms in total. The second kappa shape index (κ2) is 48.8. The number of carbonyl (C=O) groups excluding carboxylic acids is 1. The van der Waals surface area contributed by atoms with E-state index in [1.54, 1.807) is 0 Å². The van der Waals surface area contributed by atoms with E-state index in [1.165, 1.54) is 231 Å². The van der Waals surface area contributed by atoms with E-state index in [1.807, 2.05) is 0 Å². The lowest BCUT2D eigenvalue weighted by atomic mass is 10.0. The quantitative estimate of drug-likeness (QED) is 0.0364. The summed E-state index contributed by atoms with van der Waals surface area (Å²) in [6.07, 6.45) is 59.2. The molecule has 0 saturated carbocycles. The fourth-order valence-electron chi connectivity index (χ4n) is 8.52. The Morgan fingerprint density at radius 3 is 1.00 bits per heavy atom. The highest BCUT2D eigenvalue weighted by molar-refractivity contribution is 5.76. The minimum atomic E-state index is -1.16. The molecule has 0 radical (unpaired) electrons. The molecule has 0 aromatic carbocycles. The van der Waals surface area contributed by atoms with Gasteiger partial charge in [-0.3, -0.25) is 4.79 Å². The molecule has 0 aliphatic heterocycles. The van der Waals surface area contributed by atoms with Crippen LogP contribution in [-0.2, 0) is 4.79 Å². The van der Waals surface area contributed by atoms with Gasteiger partial charge in [-0.2, -0.15) is 0 Å². The van der Waals surface area contributed by atoms with Gasteiger partial charge in [0.1, 0.15) is 6.10 Å². The van der Waals surface area contributed by atoms with Gasteiger partial charge in [0.2, 0.25) is 5.91 Å². The van der Waals surface area contributed by atoms with Crippen molar-refractivity contribution in [2.75, 3.05) is 6.61 Å². The van der Waals surface area contributed by atoms with Crippen LogP contribution in [-0.4, -0.2) is 46.1 Å². The van der Waals surface area contributed by atoms with Gasteiger partial charge in [0.05, 0.1) is 18.8 Å². The molecular weight excluding hydrogens is 715 g/mol. The van der Waals surface area contributed by atoms with Gasteiger partial charge in [0, 0.05) is 6.42 Å². The van der Waals surface area contributed by atoms with E-state index in [0.29, 0.717) is 12.8 Å². The molecule has 0 aromatic heterocycles. The SMILES string of the molecule is CCCCCCCCCCCCCCCCCCC/C=C/CCCC(O)C(O)C(CO)NC(=O)CCCCCCCCCCCCCCCCCCCCCCCC. The van der Waals surface area contributed by atoms with Crippen molar-refractivity contribution >= 4 is 5.91 Å². The van der Waals surface area contributed by atoms with Crippen LogP contribution in [0, 0.1) is 0 Å². The predicted octanol–water partition coefficient (Wildman–Crippen LogP) is 15.9. The van der Waals surface area contributed by atoms with Gasteiger partial charge in [-0.1, -0.05) is 264 Å². The normalized spacial score (nSPS) is 13.4. The molecule has 0 aliphatic carbocycles. The second-order valence-corrected chi connectivity index (χ2v) is 18.4. The van der Waals surface area contributed by atoms with Gasteiger partial charge in [0.15, 0.2) is 0 Å². The van der Waals surface area contributed by atoms with E-state index in [-0.39, 0.29) is 12.5 Å². The molecule has 0 heterocycles. The smallest absolute Gasteiger partial charge is 0.220 e. The van der Waals surface area contributed by atoms with Crippen LogP contribution in [0.4, 0.5) is 0 Å². The highest BCUT2D eigenvalue weighted by atomic mass is 16.3. The largest absolute Gasteiger partial charge is 0.394 e. The summed E-state index contributed by atoms with van der Waals surface area (Å²) >= 11 is 0. The maximum absolute atomic E-state index is 12.5. The Kier molecular flexibility index (Phi) is 48.0. The fraction of sp³-hybridized carbons (Fsp3) is 0.943. The summed E-state index contributed by atoms with van der Waals surface area (Å²) in [7, 11) is 0. The predicted molar refractivity (Wildman–Crippen MR) is 255 cm³/mol. The number of amides is 1. The number of nitrogens with one attached hydrogen (secondary N) is 1. The van der Waals surface area contributed by atoms with Crippen LogP contribution in [0.2, 0.25) is 0 Å². The van der Waals surface area contributed by atoms with Gasteiger partial charge in [-0.15, -0.1) is 0 Å². The third kappa shape index (κ3) is 43.2. The third-order valence-corrected chi connectivity index (χ3v) is 12.6. The lowest BCUT2D eigenvalue weighted by Gasteiger charge is -2.26. The summed E-state index contributed by atoms with van der Waals surface area (Å²) in [5.74, 6) is -0.147. The molecule has 0 bridgehead atoms. The van der Waals surface area contributed by atoms with Gasteiger partial charge in [-0.25, -0.2) is 0 Å². The van der Waals surface area contributed by atoms with Crippen molar-refractivity contribution in [1.29, 1.82) is 0 Å². The number of allylic oxidation sites excluding steroid dienone is 2. The summed E-state index contributed by atoms with van der Waals surface area (Å²) < 4.78 is 0. The number of aliphatic hydroxyl groups is 3. The molecule has 0 aromatic rings. The van der Waals surface area contributed by atoms with Crippen LogP contribution < -0.4 is 5.32 Å². The Morgan fingerprint density at radius 2 is 0.690 bits per heavy atom. The molecule has 3 unspecified atom stereocenters. The van der Waals surface area contributed by atoms with E-state index in [4.69, 9.17) is 0 Å². The first kappa shape index (κ1) is 57.1.